The first-order valence-electron chi connectivity index (χ1n) is 9.44. The molecular formula is C21H22F3N5. The molecule has 0 radical (unpaired) electrons. The van der Waals surface area contributed by atoms with Gasteiger partial charge in [-0.05, 0) is 37.6 Å². The number of nitriles is 1. The van der Waals surface area contributed by atoms with Crippen molar-refractivity contribution in [2.75, 3.05) is 24.5 Å². The zero-order chi connectivity index (χ0) is 20.8. The highest BCUT2D eigenvalue weighted by molar-refractivity contribution is 5.80. The normalized spacial score (nSPS) is 16.6. The number of para-hydroxylation sites is 1. The van der Waals surface area contributed by atoms with Gasteiger partial charge in [0.15, 0.2) is 5.96 Å². The Labute approximate surface area is 167 Å². The van der Waals surface area contributed by atoms with Crippen LogP contribution in [0.5, 0.6) is 0 Å². The molecule has 8 heteroatoms. The van der Waals surface area contributed by atoms with Crippen LogP contribution in [0, 0.1) is 28.8 Å². The first-order chi connectivity index (χ1) is 14.0. The van der Waals surface area contributed by atoms with E-state index in [1.807, 2.05) is 13.0 Å². The van der Waals surface area contributed by atoms with Gasteiger partial charge in [-0.1, -0.05) is 12.1 Å². The zero-order valence-corrected chi connectivity index (χ0v) is 16.1. The van der Waals surface area contributed by atoms with E-state index in [4.69, 9.17) is 5.26 Å². The second-order valence-corrected chi connectivity index (χ2v) is 6.76. The second kappa shape index (κ2) is 9.32. The minimum atomic E-state index is -0.581. The number of hydrogen-bond acceptors (Lipinski definition) is 3. The molecule has 3 rings (SSSR count). The standard InChI is InChI=1S/C21H22F3N5/c1-2-26-21(27-12-15-7-6-14(11-25)10-19(15)24)28-16-8-9-29(13-16)20-17(22)4-3-5-18(20)23/h3-7,10,16H,2,8-9,12-13H2,1H3,(H2,26,27,28). The van der Waals surface area contributed by atoms with Gasteiger partial charge in [-0.2, -0.15) is 5.26 Å². The van der Waals surface area contributed by atoms with Crippen LogP contribution in [0.2, 0.25) is 0 Å². The van der Waals surface area contributed by atoms with Crippen LogP contribution in [-0.2, 0) is 6.54 Å². The molecule has 2 N–H and O–H groups in total. The van der Waals surface area contributed by atoms with E-state index in [1.54, 1.807) is 17.0 Å². The SMILES string of the molecule is CCNC(=NCc1ccc(C#N)cc1F)NC1CCN(c2c(F)cccc2F)C1. The fraction of sp³-hybridized carbons (Fsp3) is 0.333. The topological polar surface area (TPSA) is 63.5 Å². The summed E-state index contributed by atoms with van der Waals surface area (Å²) in [4.78, 5) is 6.07. The van der Waals surface area contributed by atoms with E-state index in [0.29, 0.717) is 37.6 Å². The summed E-state index contributed by atoms with van der Waals surface area (Å²) in [6.07, 6.45) is 0.684. The highest BCUT2D eigenvalue weighted by Gasteiger charge is 2.27. The van der Waals surface area contributed by atoms with Gasteiger partial charge in [0.25, 0.3) is 0 Å². The highest BCUT2D eigenvalue weighted by Crippen LogP contribution is 2.26. The second-order valence-electron chi connectivity index (χ2n) is 6.76. The maximum atomic E-state index is 14.1. The fourth-order valence-electron chi connectivity index (χ4n) is 3.29. The summed E-state index contributed by atoms with van der Waals surface area (Å²) in [5, 5.41) is 15.2. The van der Waals surface area contributed by atoms with Crippen LogP contribution in [0.3, 0.4) is 0 Å². The molecule has 1 unspecified atom stereocenters. The third kappa shape index (κ3) is 4.99. The molecule has 1 atom stereocenters. The Morgan fingerprint density at radius 3 is 2.62 bits per heavy atom. The lowest BCUT2D eigenvalue weighted by atomic mass is 10.1. The average molecular weight is 401 g/mol. The van der Waals surface area contributed by atoms with Crippen molar-refractivity contribution >= 4 is 11.6 Å². The van der Waals surface area contributed by atoms with Gasteiger partial charge in [0, 0.05) is 31.2 Å². The lowest BCUT2D eigenvalue weighted by molar-refractivity contribution is 0.576. The first-order valence-corrected chi connectivity index (χ1v) is 9.44. The van der Waals surface area contributed by atoms with Crippen molar-refractivity contribution in [3.05, 3.63) is 65.0 Å². The summed E-state index contributed by atoms with van der Waals surface area (Å²) < 4.78 is 42.1. The molecule has 1 aliphatic heterocycles. The van der Waals surface area contributed by atoms with Crippen molar-refractivity contribution in [3.63, 3.8) is 0 Å². The third-order valence-corrected chi connectivity index (χ3v) is 4.72. The summed E-state index contributed by atoms with van der Waals surface area (Å²) in [5.74, 6) is -1.15. The van der Waals surface area contributed by atoms with Crippen molar-refractivity contribution in [1.29, 1.82) is 5.26 Å². The van der Waals surface area contributed by atoms with E-state index in [1.165, 1.54) is 24.3 Å². The predicted octanol–water partition coefficient (Wildman–Crippen LogP) is 3.31. The Kier molecular flexibility index (Phi) is 6.60. The largest absolute Gasteiger partial charge is 0.365 e. The van der Waals surface area contributed by atoms with Crippen molar-refractivity contribution in [2.24, 2.45) is 4.99 Å². The number of anilines is 1. The van der Waals surface area contributed by atoms with E-state index >= 15 is 0 Å². The smallest absolute Gasteiger partial charge is 0.191 e. The predicted molar refractivity (Wildman–Crippen MR) is 106 cm³/mol. The molecule has 0 aromatic heterocycles. The molecule has 0 spiro atoms. The summed E-state index contributed by atoms with van der Waals surface area (Å²) in [5.41, 5.74) is 0.618. The Balaban J connectivity index is 1.66. The van der Waals surface area contributed by atoms with Crippen LogP contribution in [0.25, 0.3) is 0 Å². The quantitative estimate of drug-likeness (QED) is 0.596. The first kappa shape index (κ1) is 20.5. The molecular weight excluding hydrogens is 379 g/mol. The van der Waals surface area contributed by atoms with Gasteiger partial charge in [-0.3, -0.25) is 0 Å². The average Bonchev–Trinajstić information content (AvgIpc) is 3.14. The summed E-state index contributed by atoms with van der Waals surface area (Å²) in [6.45, 7) is 3.56. The number of halogens is 3. The van der Waals surface area contributed by atoms with Crippen LogP contribution >= 0.6 is 0 Å². The number of benzene rings is 2. The van der Waals surface area contributed by atoms with Crippen LogP contribution in [0.4, 0.5) is 18.9 Å². The molecule has 0 aliphatic carbocycles. The number of rotatable bonds is 5. The Hall–Kier alpha value is -3.21. The molecule has 29 heavy (non-hydrogen) atoms. The van der Waals surface area contributed by atoms with Crippen molar-refractivity contribution in [2.45, 2.75) is 25.9 Å². The van der Waals surface area contributed by atoms with Crippen molar-refractivity contribution in [3.8, 4) is 6.07 Å². The van der Waals surface area contributed by atoms with Crippen LogP contribution < -0.4 is 15.5 Å². The molecule has 0 amide bonds. The van der Waals surface area contributed by atoms with E-state index in [2.05, 4.69) is 15.6 Å². The molecule has 5 nitrogen and oxygen atoms in total. The Morgan fingerprint density at radius 1 is 1.21 bits per heavy atom. The summed E-state index contributed by atoms with van der Waals surface area (Å²) in [6, 6.07) is 9.95. The summed E-state index contributed by atoms with van der Waals surface area (Å²) >= 11 is 0. The number of guanidine groups is 1. The maximum Gasteiger partial charge on any atom is 0.191 e. The highest BCUT2D eigenvalue weighted by atomic mass is 19.1. The third-order valence-electron chi connectivity index (χ3n) is 4.72. The minimum absolute atomic E-state index is 0.0154. The van der Waals surface area contributed by atoms with Gasteiger partial charge in [0.05, 0.1) is 18.2 Å². The number of nitrogens with one attached hydrogen (secondary N) is 2. The number of hydrogen-bond donors (Lipinski definition) is 2. The molecule has 1 aliphatic rings. The van der Waals surface area contributed by atoms with Crippen LogP contribution in [-0.4, -0.2) is 31.6 Å². The van der Waals surface area contributed by atoms with E-state index < -0.39 is 17.5 Å². The van der Waals surface area contributed by atoms with Gasteiger partial charge >= 0.3 is 0 Å². The van der Waals surface area contributed by atoms with Crippen LogP contribution in [0.15, 0.2) is 41.4 Å². The molecule has 0 saturated carbocycles. The van der Waals surface area contributed by atoms with Gasteiger partial charge in [0.1, 0.15) is 23.1 Å². The number of aliphatic imine (C=N–C) groups is 1. The lowest BCUT2D eigenvalue weighted by Crippen LogP contribution is -2.44. The number of nitrogens with zero attached hydrogens (tertiary/aromatic N) is 3. The molecule has 2 aromatic carbocycles. The monoisotopic (exact) mass is 401 g/mol. The molecule has 1 heterocycles. The fourth-order valence-corrected chi connectivity index (χ4v) is 3.29. The van der Waals surface area contributed by atoms with Gasteiger partial charge in [-0.25, -0.2) is 18.2 Å². The molecule has 1 saturated heterocycles. The zero-order valence-electron chi connectivity index (χ0n) is 16.1. The Bertz CT molecular complexity index is 918. The van der Waals surface area contributed by atoms with Gasteiger partial charge in [-0.15, -0.1) is 0 Å². The van der Waals surface area contributed by atoms with Gasteiger partial charge in [0.2, 0.25) is 0 Å². The minimum Gasteiger partial charge on any atom is -0.365 e. The molecule has 152 valence electrons. The van der Waals surface area contributed by atoms with E-state index in [-0.39, 0.29) is 23.8 Å². The molecule has 1 fully saturated rings. The molecule has 2 aromatic rings. The molecule has 0 bridgehead atoms. The summed E-state index contributed by atoms with van der Waals surface area (Å²) in [7, 11) is 0. The van der Waals surface area contributed by atoms with Gasteiger partial charge < -0.3 is 15.5 Å². The Morgan fingerprint density at radius 2 is 1.97 bits per heavy atom. The van der Waals surface area contributed by atoms with E-state index in [0.717, 1.165) is 0 Å². The van der Waals surface area contributed by atoms with Crippen molar-refractivity contribution in [1.82, 2.24) is 10.6 Å². The van der Waals surface area contributed by atoms with Crippen LogP contribution in [0.1, 0.15) is 24.5 Å². The lowest BCUT2D eigenvalue weighted by Gasteiger charge is -2.21. The van der Waals surface area contributed by atoms with Crippen molar-refractivity contribution < 1.29 is 13.2 Å². The van der Waals surface area contributed by atoms with E-state index in [9.17, 15) is 13.2 Å². The maximum absolute atomic E-state index is 14.1.